The highest BCUT2D eigenvalue weighted by Crippen LogP contribution is 2.24. The first-order valence-electron chi connectivity index (χ1n) is 9.26. The highest BCUT2D eigenvalue weighted by molar-refractivity contribution is 7.80. The number of aryl methyl sites for hydroxylation is 2. The lowest BCUT2D eigenvalue weighted by Crippen LogP contribution is -2.03. The first-order chi connectivity index (χ1) is 14.3. The Hall–Kier alpha value is -2.94. The van der Waals surface area contributed by atoms with Gasteiger partial charge >= 0.3 is 0 Å². The lowest BCUT2D eigenvalue weighted by Gasteiger charge is -2.06. The van der Waals surface area contributed by atoms with Crippen LogP contribution in [0.2, 0.25) is 5.02 Å². The highest BCUT2D eigenvalue weighted by atomic mass is 35.5. The van der Waals surface area contributed by atoms with Gasteiger partial charge in [0.2, 0.25) is 0 Å². The van der Waals surface area contributed by atoms with E-state index in [-0.39, 0.29) is 5.82 Å². The van der Waals surface area contributed by atoms with Crippen LogP contribution in [0.25, 0.3) is 0 Å². The molecule has 0 saturated carbocycles. The Morgan fingerprint density at radius 3 is 2.57 bits per heavy atom. The lowest BCUT2D eigenvalue weighted by molar-refractivity contribution is 0.628. The number of thiol groups is 1. The number of rotatable bonds is 5. The number of nitrogens with one attached hydrogen (secondary N) is 2. The SMILES string of the molecule is C=C(C)Nc1ccc(C#Cc2c(C)ccc(N[SH+]c3cc(Cl)ccc3C)c2F)cn1. The van der Waals surface area contributed by atoms with Crippen LogP contribution in [-0.2, 0) is 11.9 Å². The number of hydrogen-bond acceptors (Lipinski definition) is 3. The standard InChI is InChI=1S/C24H21ClFN3S/c1-15(2)28-23-12-8-18(14-27-23)7-10-20-16(3)6-11-21(24(20)26)29-30-22-13-19(25)9-5-17(22)4/h5-6,8-9,11-14,29H,1H2,2-4H3,(H,27,28)/p+1. The normalized spacial score (nSPS) is 10.2. The summed E-state index contributed by atoms with van der Waals surface area (Å²) >= 11 is 6.83. The van der Waals surface area contributed by atoms with Crippen LogP contribution in [0.15, 0.2) is 65.8 Å². The Labute approximate surface area is 185 Å². The Morgan fingerprint density at radius 1 is 1.10 bits per heavy atom. The summed E-state index contributed by atoms with van der Waals surface area (Å²) in [5.41, 5.74) is 4.11. The average molecular weight is 439 g/mol. The van der Waals surface area contributed by atoms with Crippen molar-refractivity contribution < 1.29 is 4.39 Å². The second kappa shape index (κ2) is 9.71. The number of aromatic nitrogens is 1. The lowest BCUT2D eigenvalue weighted by atomic mass is 10.1. The summed E-state index contributed by atoms with van der Waals surface area (Å²) in [7, 11) is 0. The fourth-order valence-corrected chi connectivity index (χ4v) is 3.75. The van der Waals surface area contributed by atoms with E-state index >= 15 is 4.39 Å². The van der Waals surface area contributed by atoms with Gasteiger partial charge in [0.1, 0.15) is 23.5 Å². The summed E-state index contributed by atoms with van der Waals surface area (Å²) in [6, 6.07) is 12.9. The van der Waals surface area contributed by atoms with Gasteiger partial charge in [-0.15, -0.1) is 0 Å². The molecule has 0 amide bonds. The van der Waals surface area contributed by atoms with Gasteiger partial charge in [-0.25, -0.2) is 14.1 Å². The van der Waals surface area contributed by atoms with Crippen molar-refractivity contribution in [3.05, 3.63) is 94.0 Å². The third-order valence-electron chi connectivity index (χ3n) is 4.26. The van der Waals surface area contributed by atoms with Crippen LogP contribution >= 0.6 is 11.6 Å². The van der Waals surface area contributed by atoms with Crippen LogP contribution < -0.4 is 10.0 Å². The maximum Gasteiger partial charge on any atom is 0.183 e. The third kappa shape index (κ3) is 5.56. The molecule has 1 heterocycles. The molecular weight excluding hydrogens is 417 g/mol. The first kappa shape index (κ1) is 21.8. The molecule has 0 atom stereocenters. The second-order valence-electron chi connectivity index (χ2n) is 6.86. The van der Waals surface area contributed by atoms with Crippen LogP contribution in [0.1, 0.15) is 29.2 Å². The molecule has 0 aliphatic heterocycles. The summed E-state index contributed by atoms with van der Waals surface area (Å²) in [4.78, 5) is 5.27. The van der Waals surface area contributed by atoms with Crippen molar-refractivity contribution in [1.29, 1.82) is 0 Å². The van der Waals surface area contributed by atoms with Gasteiger partial charge in [0, 0.05) is 34.1 Å². The molecule has 0 aliphatic carbocycles. The first-order valence-corrected chi connectivity index (χ1v) is 10.5. The van der Waals surface area contributed by atoms with E-state index in [0.717, 1.165) is 33.7 Å². The van der Waals surface area contributed by atoms with Crippen molar-refractivity contribution >= 4 is 35.1 Å². The van der Waals surface area contributed by atoms with Crippen molar-refractivity contribution in [1.82, 2.24) is 4.98 Å². The van der Waals surface area contributed by atoms with Gasteiger partial charge in [-0.1, -0.05) is 42.2 Å². The number of nitrogens with zero attached hydrogens (tertiary/aromatic N) is 1. The largest absolute Gasteiger partial charge is 0.345 e. The van der Waals surface area contributed by atoms with Gasteiger partial charge in [-0.2, -0.15) is 0 Å². The van der Waals surface area contributed by atoms with E-state index in [0.29, 0.717) is 27.7 Å². The molecule has 0 bridgehead atoms. The smallest absolute Gasteiger partial charge is 0.183 e. The molecule has 1 aromatic heterocycles. The zero-order valence-electron chi connectivity index (χ0n) is 17.0. The van der Waals surface area contributed by atoms with Gasteiger partial charge in [0.15, 0.2) is 10.7 Å². The van der Waals surface area contributed by atoms with Crippen LogP contribution in [0.5, 0.6) is 0 Å². The van der Waals surface area contributed by atoms with E-state index in [1.54, 1.807) is 12.3 Å². The number of benzene rings is 2. The van der Waals surface area contributed by atoms with Gasteiger partial charge < -0.3 is 5.32 Å². The molecule has 0 fully saturated rings. The molecule has 3 aromatic rings. The number of allylic oxidation sites excluding steroid dienone is 1. The molecule has 30 heavy (non-hydrogen) atoms. The van der Waals surface area contributed by atoms with Crippen molar-refractivity contribution in [3.63, 3.8) is 0 Å². The molecule has 0 radical (unpaired) electrons. The highest BCUT2D eigenvalue weighted by Gasteiger charge is 2.14. The second-order valence-corrected chi connectivity index (χ2v) is 8.23. The Kier molecular flexibility index (Phi) is 7.04. The molecule has 0 saturated heterocycles. The molecule has 6 heteroatoms. The van der Waals surface area contributed by atoms with Crippen molar-refractivity contribution in [2.75, 3.05) is 10.0 Å². The molecular formula is C24H22ClFN3S+. The number of anilines is 2. The fourth-order valence-electron chi connectivity index (χ4n) is 2.63. The van der Waals surface area contributed by atoms with E-state index in [9.17, 15) is 0 Å². The minimum Gasteiger partial charge on any atom is -0.345 e. The van der Waals surface area contributed by atoms with E-state index in [1.807, 2.05) is 57.2 Å². The summed E-state index contributed by atoms with van der Waals surface area (Å²) in [5.74, 6) is 6.26. The molecule has 2 aromatic carbocycles. The number of hydrogen-bond donors (Lipinski definition) is 2. The van der Waals surface area contributed by atoms with Gasteiger partial charge in [-0.3, -0.25) is 0 Å². The molecule has 3 rings (SSSR count). The maximum atomic E-state index is 15.1. The molecule has 0 unspecified atom stereocenters. The van der Waals surface area contributed by atoms with E-state index in [4.69, 9.17) is 11.6 Å². The minimum atomic E-state index is -0.372. The Morgan fingerprint density at radius 2 is 1.87 bits per heavy atom. The van der Waals surface area contributed by atoms with Gasteiger partial charge in [0.05, 0.1) is 5.56 Å². The van der Waals surface area contributed by atoms with Crippen LogP contribution in [0.3, 0.4) is 0 Å². The van der Waals surface area contributed by atoms with E-state index in [2.05, 4.69) is 33.4 Å². The fraction of sp³-hybridized carbons (Fsp3) is 0.125. The van der Waals surface area contributed by atoms with E-state index in [1.165, 1.54) is 0 Å². The van der Waals surface area contributed by atoms with Crippen molar-refractivity contribution in [2.45, 2.75) is 25.7 Å². The predicted molar refractivity (Wildman–Crippen MR) is 127 cm³/mol. The van der Waals surface area contributed by atoms with Gasteiger partial charge in [0.25, 0.3) is 0 Å². The van der Waals surface area contributed by atoms with Crippen molar-refractivity contribution in [3.8, 4) is 11.8 Å². The Bertz CT molecular complexity index is 1150. The molecule has 2 N–H and O–H groups in total. The topological polar surface area (TPSA) is 37.0 Å². The minimum absolute atomic E-state index is 0.363. The summed E-state index contributed by atoms with van der Waals surface area (Å²) in [5, 5.41) is 3.69. The van der Waals surface area contributed by atoms with E-state index < -0.39 is 0 Å². The number of halogens is 2. The summed E-state index contributed by atoms with van der Waals surface area (Å²) in [6.07, 6.45) is 1.65. The summed E-state index contributed by atoms with van der Waals surface area (Å²) in [6.45, 7) is 9.48. The molecule has 152 valence electrons. The van der Waals surface area contributed by atoms with Gasteiger partial charge in [-0.05, 0) is 50.6 Å². The molecule has 3 nitrogen and oxygen atoms in total. The summed E-state index contributed by atoms with van der Waals surface area (Å²) < 4.78 is 18.2. The quantitative estimate of drug-likeness (QED) is 0.290. The van der Waals surface area contributed by atoms with Crippen LogP contribution in [0, 0.1) is 31.5 Å². The predicted octanol–water partition coefficient (Wildman–Crippen LogP) is 6.04. The number of pyridine rings is 1. The monoisotopic (exact) mass is 438 g/mol. The maximum absolute atomic E-state index is 15.1. The zero-order valence-corrected chi connectivity index (χ0v) is 18.6. The molecule has 0 spiro atoms. The third-order valence-corrected chi connectivity index (χ3v) is 5.57. The zero-order chi connectivity index (χ0) is 21.7. The average Bonchev–Trinajstić information content (AvgIpc) is 2.70. The van der Waals surface area contributed by atoms with Crippen LogP contribution in [-0.4, -0.2) is 4.98 Å². The van der Waals surface area contributed by atoms with Crippen LogP contribution in [0.4, 0.5) is 15.9 Å². The molecule has 0 aliphatic rings. The van der Waals surface area contributed by atoms with Crippen molar-refractivity contribution in [2.24, 2.45) is 0 Å². The Balaban J connectivity index is 1.80.